The largest absolute Gasteiger partial charge is 0.384 e. The summed E-state index contributed by atoms with van der Waals surface area (Å²) in [4.78, 5) is 0. The number of nitrogens with one attached hydrogen (secondary N) is 1. The van der Waals surface area contributed by atoms with E-state index < -0.39 is 0 Å². The van der Waals surface area contributed by atoms with Crippen molar-refractivity contribution in [2.45, 2.75) is 26.7 Å². The Morgan fingerprint density at radius 3 is 3.00 bits per heavy atom. The van der Waals surface area contributed by atoms with Gasteiger partial charge in [-0.2, -0.15) is 0 Å². The molecule has 0 aromatic heterocycles. The van der Waals surface area contributed by atoms with Gasteiger partial charge in [-0.15, -0.1) is 0 Å². The maximum Gasteiger partial charge on any atom is 0.0511 e. The Kier molecular flexibility index (Phi) is 3.83. The van der Waals surface area contributed by atoms with E-state index >= 15 is 0 Å². The zero-order valence-corrected chi connectivity index (χ0v) is 10.3. The highest BCUT2D eigenvalue weighted by atomic mass is 16.5. The Morgan fingerprint density at radius 2 is 2.31 bits per heavy atom. The first-order valence-electron chi connectivity index (χ1n) is 6.21. The summed E-state index contributed by atoms with van der Waals surface area (Å²) < 4.78 is 5.39. The van der Waals surface area contributed by atoms with Gasteiger partial charge >= 0.3 is 0 Å². The summed E-state index contributed by atoms with van der Waals surface area (Å²) in [5, 5.41) is 3.59. The normalized spacial score (nSPS) is 20.0. The zero-order valence-electron chi connectivity index (χ0n) is 10.3. The second-order valence-corrected chi connectivity index (χ2v) is 4.57. The number of para-hydroxylation sites is 1. The molecule has 2 rings (SSSR count). The van der Waals surface area contributed by atoms with Crippen molar-refractivity contribution < 1.29 is 4.74 Å². The van der Waals surface area contributed by atoms with Gasteiger partial charge in [-0.1, -0.05) is 25.1 Å². The van der Waals surface area contributed by atoms with Crippen molar-refractivity contribution in [3.63, 3.8) is 0 Å². The van der Waals surface area contributed by atoms with Crippen LogP contribution in [0.25, 0.3) is 0 Å². The second-order valence-electron chi connectivity index (χ2n) is 4.57. The number of anilines is 1. The summed E-state index contributed by atoms with van der Waals surface area (Å²) >= 11 is 0. The molecule has 1 aromatic carbocycles. The highest BCUT2D eigenvalue weighted by Gasteiger charge is 2.15. The average molecular weight is 219 g/mol. The predicted octanol–water partition coefficient (Wildman–Crippen LogP) is 3.01. The minimum atomic E-state index is 0.685. The van der Waals surface area contributed by atoms with Crippen LogP contribution in [-0.4, -0.2) is 19.8 Å². The van der Waals surface area contributed by atoms with E-state index in [-0.39, 0.29) is 0 Å². The Bertz CT molecular complexity index is 343. The summed E-state index contributed by atoms with van der Waals surface area (Å²) in [7, 11) is 0. The number of hydrogen-bond acceptors (Lipinski definition) is 2. The maximum atomic E-state index is 5.39. The fraction of sp³-hybridized carbons (Fsp3) is 0.571. The van der Waals surface area contributed by atoms with Crippen LogP contribution in [0.15, 0.2) is 18.2 Å². The molecule has 0 bridgehead atoms. The highest BCUT2D eigenvalue weighted by Crippen LogP contribution is 2.22. The molecule has 1 atom stereocenters. The highest BCUT2D eigenvalue weighted by molar-refractivity contribution is 5.57. The smallest absolute Gasteiger partial charge is 0.0511 e. The zero-order chi connectivity index (χ0) is 11.4. The van der Waals surface area contributed by atoms with Gasteiger partial charge in [-0.3, -0.25) is 0 Å². The van der Waals surface area contributed by atoms with Crippen LogP contribution in [0, 0.1) is 12.8 Å². The summed E-state index contributed by atoms with van der Waals surface area (Å²) in [5.41, 5.74) is 4.09. The van der Waals surface area contributed by atoms with E-state index in [1.54, 1.807) is 0 Å². The summed E-state index contributed by atoms with van der Waals surface area (Å²) in [6, 6.07) is 6.52. The SMILES string of the molecule is CCc1cccc(C)c1NCC1CCOC1. The van der Waals surface area contributed by atoms with Crippen molar-refractivity contribution in [2.75, 3.05) is 25.1 Å². The molecule has 0 spiro atoms. The molecule has 2 nitrogen and oxygen atoms in total. The van der Waals surface area contributed by atoms with E-state index in [4.69, 9.17) is 4.74 Å². The molecule has 0 aliphatic carbocycles. The summed E-state index contributed by atoms with van der Waals surface area (Å²) in [6.45, 7) is 7.27. The fourth-order valence-corrected chi connectivity index (χ4v) is 2.27. The molecule has 1 heterocycles. The standard InChI is InChI=1S/C14H21NO/c1-3-13-6-4-5-11(2)14(13)15-9-12-7-8-16-10-12/h4-6,12,15H,3,7-10H2,1-2H3. The number of benzene rings is 1. The third-order valence-corrected chi connectivity index (χ3v) is 3.33. The molecule has 1 N–H and O–H groups in total. The van der Waals surface area contributed by atoms with Crippen LogP contribution in [0.2, 0.25) is 0 Å². The molecular formula is C14H21NO. The van der Waals surface area contributed by atoms with Crippen molar-refractivity contribution in [2.24, 2.45) is 5.92 Å². The lowest BCUT2D eigenvalue weighted by Gasteiger charge is -2.16. The van der Waals surface area contributed by atoms with Crippen LogP contribution in [0.5, 0.6) is 0 Å². The molecule has 1 aliphatic rings. The second kappa shape index (κ2) is 5.35. The average Bonchev–Trinajstić information content (AvgIpc) is 2.80. The molecule has 1 saturated heterocycles. The van der Waals surface area contributed by atoms with Crippen LogP contribution in [0.1, 0.15) is 24.5 Å². The molecular weight excluding hydrogens is 198 g/mol. The lowest BCUT2D eigenvalue weighted by atomic mass is 10.0. The van der Waals surface area contributed by atoms with Gasteiger partial charge in [0.15, 0.2) is 0 Å². The first-order chi connectivity index (χ1) is 7.81. The van der Waals surface area contributed by atoms with Crippen molar-refractivity contribution in [1.82, 2.24) is 0 Å². The van der Waals surface area contributed by atoms with Gasteiger partial charge in [0.2, 0.25) is 0 Å². The summed E-state index contributed by atoms with van der Waals surface area (Å²) in [6.07, 6.45) is 2.28. The van der Waals surface area contributed by atoms with E-state index in [9.17, 15) is 0 Å². The van der Waals surface area contributed by atoms with Crippen molar-refractivity contribution in [1.29, 1.82) is 0 Å². The Morgan fingerprint density at radius 1 is 1.44 bits per heavy atom. The first-order valence-corrected chi connectivity index (χ1v) is 6.21. The minimum Gasteiger partial charge on any atom is -0.384 e. The van der Waals surface area contributed by atoms with Crippen LogP contribution in [0.3, 0.4) is 0 Å². The number of rotatable bonds is 4. The quantitative estimate of drug-likeness (QED) is 0.840. The molecule has 0 saturated carbocycles. The molecule has 0 amide bonds. The topological polar surface area (TPSA) is 21.3 Å². The van der Waals surface area contributed by atoms with E-state index in [2.05, 4.69) is 37.4 Å². The van der Waals surface area contributed by atoms with Crippen molar-refractivity contribution in [3.05, 3.63) is 29.3 Å². The van der Waals surface area contributed by atoms with Crippen LogP contribution in [0.4, 0.5) is 5.69 Å². The number of hydrogen-bond donors (Lipinski definition) is 1. The summed E-state index contributed by atoms with van der Waals surface area (Å²) in [5.74, 6) is 0.685. The fourth-order valence-electron chi connectivity index (χ4n) is 2.27. The van der Waals surface area contributed by atoms with Crippen LogP contribution >= 0.6 is 0 Å². The van der Waals surface area contributed by atoms with Crippen molar-refractivity contribution >= 4 is 5.69 Å². The number of ether oxygens (including phenoxy) is 1. The van der Waals surface area contributed by atoms with Gasteiger partial charge in [0, 0.05) is 24.8 Å². The van der Waals surface area contributed by atoms with Gasteiger partial charge < -0.3 is 10.1 Å². The van der Waals surface area contributed by atoms with Crippen LogP contribution < -0.4 is 5.32 Å². The Labute approximate surface area is 98.0 Å². The van der Waals surface area contributed by atoms with E-state index in [0.29, 0.717) is 5.92 Å². The predicted molar refractivity (Wildman–Crippen MR) is 68.0 cm³/mol. The maximum absolute atomic E-state index is 5.39. The minimum absolute atomic E-state index is 0.685. The van der Waals surface area contributed by atoms with Gasteiger partial charge in [0.1, 0.15) is 0 Å². The van der Waals surface area contributed by atoms with Gasteiger partial charge in [-0.05, 0) is 30.9 Å². The molecule has 0 radical (unpaired) electrons. The van der Waals surface area contributed by atoms with Gasteiger partial charge in [0.25, 0.3) is 0 Å². The third-order valence-electron chi connectivity index (χ3n) is 3.33. The lowest BCUT2D eigenvalue weighted by Crippen LogP contribution is -2.15. The van der Waals surface area contributed by atoms with E-state index in [1.165, 1.54) is 23.2 Å². The first kappa shape index (κ1) is 11.5. The Balaban J connectivity index is 2.01. The molecule has 1 fully saturated rings. The van der Waals surface area contributed by atoms with E-state index in [1.807, 2.05) is 0 Å². The van der Waals surface area contributed by atoms with Crippen molar-refractivity contribution in [3.8, 4) is 0 Å². The van der Waals surface area contributed by atoms with Gasteiger partial charge in [-0.25, -0.2) is 0 Å². The van der Waals surface area contributed by atoms with Crippen LogP contribution in [-0.2, 0) is 11.2 Å². The van der Waals surface area contributed by atoms with E-state index in [0.717, 1.165) is 26.2 Å². The third kappa shape index (κ3) is 2.56. The molecule has 1 aromatic rings. The Hall–Kier alpha value is -1.02. The number of aryl methyl sites for hydroxylation is 2. The van der Waals surface area contributed by atoms with Gasteiger partial charge in [0.05, 0.1) is 6.61 Å². The monoisotopic (exact) mass is 219 g/mol. The lowest BCUT2D eigenvalue weighted by molar-refractivity contribution is 0.187. The molecule has 2 heteroatoms. The molecule has 88 valence electrons. The molecule has 16 heavy (non-hydrogen) atoms. The molecule has 1 unspecified atom stereocenters. The molecule has 1 aliphatic heterocycles.